The van der Waals surface area contributed by atoms with E-state index in [1.54, 1.807) is 0 Å². The highest BCUT2D eigenvalue weighted by atomic mass is 16.5. The van der Waals surface area contributed by atoms with E-state index >= 15 is 0 Å². The zero-order valence-electron chi connectivity index (χ0n) is 10.4. The van der Waals surface area contributed by atoms with Crippen molar-refractivity contribution in [3.8, 4) is 0 Å². The molecule has 0 radical (unpaired) electrons. The van der Waals surface area contributed by atoms with Gasteiger partial charge in [-0.15, -0.1) is 0 Å². The molecular formula is C14H23NO. The Hall–Kier alpha value is -1.02. The monoisotopic (exact) mass is 221 g/mol. The molecule has 0 aliphatic heterocycles. The van der Waals surface area contributed by atoms with Gasteiger partial charge in [0.05, 0.1) is 6.61 Å². The second-order valence-electron chi connectivity index (χ2n) is 4.20. The molecular weight excluding hydrogens is 198 g/mol. The molecule has 1 rings (SSSR count). The average molecular weight is 221 g/mol. The summed E-state index contributed by atoms with van der Waals surface area (Å²) in [4.78, 5) is 0. The van der Waals surface area contributed by atoms with Gasteiger partial charge in [-0.25, -0.2) is 0 Å². The van der Waals surface area contributed by atoms with Gasteiger partial charge in [0.1, 0.15) is 0 Å². The third-order valence-corrected chi connectivity index (χ3v) is 2.84. The van der Waals surface area contributed by atoms with Gasteiger partial charge in [0.15, 0.2) is 0 Å². The van der Waals surface area contributed by atoms with Crippen molar-refractivity contribution in [2.45, 2.75) is 39.0 Å². The zero-order chi connectivity index (χ0) is 11.8. The van der Waals surface area contributed by atoms with E-state index in [-0.39, 0.29) is 0 Å². The zero-order valence-corrected chi connectivity index (χ0v) is 10.4. The number of nitrogen functional groups attached to an aromatic ring is 1. The molecule has 1 unspecified atom stereocenters. The van der Waals surface area contributed by atoms with E-state index in [0.29, 0.717) is 5.92 Å². The van der Waals surface area contributed by atoms with Crippen LogP contribution in [-0.4, -0.2) is 13.2 Å². The second kappa shape index (κ2) is 7.29. The number of nitrogens with two attached hydrogens (primary N) is 1. The fourth-order valence-corrected chi connectivity index (χ4v) is 1.73. The van der Waals surface area contributed by atoms with Gasteiger partial charge in [-0.1, -0.05) is 32.4 Å². The Labute approximate surface area is 98.8 Å². The van der Waals surface area contributed by atoms with Gasteiger partial charge in [0.25, 0.3) is 0 Å². The minimum absolute atomic E-state index is 0.473. The summed E-state index contributed by atoms with van der Waals surface area (Å²) in [6.45, 7) is 6.05. The minimum atomic E-state index is 0.473. The molecule has 0 heterocycles. The van der Waals surface area contributed by atoms with E-state index in [9.17, 15) is 0 Å². The second-order valence-corrected chi connectivity index (χ2v) is 4.20. The Morgan fingerprint density at radius 2 is 2.12 bits per heavy atom. The van der Waals surface area contributed by atoms with Crippen molar-refractivity contribution in [3.05, 3.63) is 29.8 Å². The highest BCUT2D eigenvalue weighted by Crippen LogP contribution is 2.21. The Balaban J connectivity index is 2.47. The van der Waals surface area contributed by atoms with Crippen LogP contribution < -0.4 is 5.73 Å². The highest BCUT2D eigenvalue weighted by molar-refractivity contribution is 5.41. The van der Waals surface area contributed by atoms with Crippen molar-refractivity contribution >= 4 is 5.69 Å². The third-order valence-electron chi connectivity index (χ3n) is 2.84. The van der Waals surface area contributed by atoms with Crippen molar-refractivity contribution in [2.75, 3.05) is 18.9 Å². The topological polar surface area (TPSA) is 35.2 Å². The molecule has 0 aliphatic carbocycles. The fraction of sp³-hybridized carbons (Fsp3) is 0.571. The number of rotatable bonds is 7. The maximum absolute atomic E-state index is 5.79. The largest absolute Gasteiger partial charge is 0.399 e. The molecule has 1 aromatic carbocycles. The first-order chi connectivity index (χ1) is 7.77. The van der Waals surface area contributed by atoms with E-state index in [4.69, 9.17) is 10.5 Å². The Kier molecular flexibility index (Phi) is 5.94. The number of hydrogen-bond acceptors (Lipinski definition) is 2. The molecule has 2 heteroatoms. The van der Waals surface area contributed by atoms with Gasteiger partial charge < -0.3 is 10.5 Å². The normalized spacial score (nSPS) is 12.6. The molecule has 0 bridgehead atoms. The lowest BCUT2D eigenvalue weighted by atomic mass is 9.97. The van der Waals surface area contributed by atoms with Gasteiger partial charge in [-0.3, -0.25) is 0 Å². The molecule has 16 heavy (non-hydrogen) atoms. The molecule has 0 saturated heterocycles. The summed E-state index contributed by atoms with van der Waals surface area (Å²) in [6.07, 6.45) is 3.43. The van der Waals surface area contributed by atoms with Gasteiger partial charge in [-0.2, -0.15) is 0 Å². The van der Waals surface area contributed by atoms with Crippen molar-refractivity contribution in [3.63, 3.8) is 0 Å². The SMILES string of the molecule is CCCCOCC(CC)c1cccc(N)c1. The van der Waals surface area contributed by atoms with Crippen molar-refractivity contribution < 1.29 is 4.74 Å². The van der Waals surface area contributed by atoms with E-state index < -0.39 is 0 Å². The summed E-state index contributed by atoms with van der Waals surface area (Å²) in [6, 6.07) is 8.12. The van der Waals surface area contributed by atoms with Gasteiger partial charge >= 0.3 is 0 Å². The van der Waals surface area contributed by atoms with Crippen LogP contribution in [0.2, 0.25) is 0 Å². The Bertz CT molecular complexity index is 299. The molecule has 2 nitrogen and oxygen atoms in total. The van der Waals surface area contributed by atoms with Gasteiger partial charge in [0, 0.05) is 18.2 Å². The Morgan fingerprint density at radius 1 is 1.31 bits per heavy atom. The van der Waals surface area contributed by atoms with E-state index in [1.807, 2.05) is 12.1 Å². The number of unbranched alkanes of at least 4 members (excludes halogenated alkanes) is 1. The molecule has 90 valence electrons. The van der Waals surface area contributed by atoms with Crippen LogP contribution in [0, 0.1) is 0 Å². The molecule has 0 saturated carbocycles. The average Bonchev–Trinajstić information content (AvgIpc) is 2.29. The van der Waals surface area contributed by atoms with Gasteiger partial charge in [-0.05, 0) is 30.5 Å². The van der Waals surface area contributed by atoms with E-state index in [1.165, 1.54) is 12.0 Å². The summed E-state index contributed by atoms with van der Waals surface area (Å²) in [5, 5.41) is 0. The number of benzene rings is 1. The summed E-state index contributed by atoms with van der Waals surface area (Å²) < 4.78 is 5.68. The van der Waals surface area contributed by atoms with Gasteiger partial charge in [0.2, 0.25) is 0 Å². The molecule has 2 N–H and O–H groups in total. The first kappa shape index (κ1) is 13.0. The lowest BCUT2D eigenvalue weighted by Crippen LogP contribution is -2.08. The third kappa shape index (κ3) is 4.23. The lowest BCUT2D eigenvalue weighted by Gasteiger charge is -2.16. The van der Waals surface area contributed by atoms with Crippen LogP contribution in [0.3, 0.4) is 0 Å². The first-order valence-electron chi connectivity index (χ1n) is 6.21. The fourth-order valence-electron chi connectivity index (χ4n) is 1.73. The molecule has 1 aromatic rings. The molecule has 0 aliphatic rings. The predicted octanol–water partition coefficient (Wildman–Crippen LogP) is 3.58. The van der Waals surface area contributed by atoms with Crippen molar-refractivity contribution in [1.29, 1.82) is 0 Å². The highest BCUT2D eigenvalue weighted by Gasteiger charge is 2.09. The quantitative estimate of drug-likeness (QED) is 0.564. The molecule has 0 fully saturated rings. The van der Waals surface area contributed by atoms with E-state index in [0.717, 1.165) is 31.7 Å². The van der Waals surface area contributed by atoms with Crippen LogP contribution >= 0.6 is 0 Å². The smallest absolute Gasteiger partial charge is 0.0534 e. The van der Waals surface area contributed by atoms with Crippen LogP contribution in [0.4, 0.5) is 5.69 Å². The lowest BCUT2D eigenvalue weighted by molar-refractivity contribution is 0.116. The summed E-state index contributed by atoms with van der Waals surface area (Å²) >= 11 is 0. The molecule has 1 atom stereocenters. The number of ether oxygens (including phenoxy) is 1. The van der Waals surface area contributed by atoms with Crippen molar-refractivity contribution in [1.82, 2.24) is 0 Å². The molecule has 0 amide bonds. The predicted molar refractivity (Wildman–Crippen MR) is 69.6 cm³/mol. The minimum Gasteiger partial charge on any atom is -0.399 e. The number of anilines is 1. The number of hydrogen-bond donors (Lipinski definition) is 1. The maximum atomic E-state index is 5.79. The molecule has 0 spiro atoms. The molecule has 0 aromatic heterocycles. The summed E-state index contributed by atoms with van der Waals surface area (Å²) in [5.74, 6) is 0.473. The Morgan fingerprint density at radius 3 is 2.75 bits per heavy atom. The standard InChI is InChI=1S/C14H23NO/c1-3-5-9-16-11-12(4-2)13-7-6-8-14(15)10-13/h6-8,10,12H,3-5,9,11,15H2,1-2H3. The first-order valence-corrected chi connectivity index (χ1v) is 6.21. The van der Waals surface area contributed by atoms with Crippen LogP contribution in [0.25, 0.3) is 0 Å². The maximum Gasteiger partial charge on any atom is 0.0534 e. The summed E-state index contributed by atoms with van der Waals surface area (Å²) in [7, 11) is 0. The van der Waals surface area contributed by atoms with Crippen LogP contribution in [-0.2, 0) is 4.74 Å². The van der Waals surface area contributed by atoms with Crippen LogP contribution in [0.1, 0.15) is 44.6 Å². The van der Waals surface area contributed by atoms with Crippen LogP contribution in [0.5, 0.6) is 0 Å². The summed E-state index contributed by atoms with van der Waals surface area (Å²) in [5.41, 5.74) is 7.91. The van der Waals surface area contributed by atoms with E-state index in [2.05, 4.69) is 26.0 Å². The van der Waals surface area contributed by atoms with Crippen LogP contribution in [0.15, 0.2) is 24.3 Å². The van der Waals surface area contributed by atoms with Crippen molar-refractivity contribution in [2.24, 2.45) is 0 Å².